The summed E-state index contributed by atoms with van der Waals surface area (Å²) >= 11 is 0. The van der Waals surface area contributed by atoms with E-state index in [1.165, 1.54) is 6.20 Å². The maximum absolute atomic E-state index is 13.4. The van der Waals surface area contributed by atoms with Crippen molar-refractivity contribution in [2.24, 2.45) is 0 Å². The van der Waals surface area contributed by atoms with Crippen molar-refractivity contribution in [3.63, 3.8) is 0 Å². The summed E-state index contributed by atoms with van der Waals surface area (Å²) in [4.78, 5) is 15.1. The number of ether oxygens (including phenoxy) is 1. The van der Waals surface area contributed by atoms with E-state index in [9.17, 15) is 17.6 Å². The molecule has 0 aliphatic rings. The number of carbonyl (C=O) groups is 1. The zero-order valence-corrected chi connectivity index (χ0v) is 11.6. The normalized spacial score (nSPS) is 11.1. The molecule has 8 nitrogen and oxygen atoms in total. The maximum Gasteiger partial charge on any atom is 0.342 e. The highest BCUT2D eigenvalue weighted by atomic mass is 32.2. The summed E-state index contributed by atoms with van der Waals surface area (Å²) in [5, 5.41) is 5.19. The minimum atomic E-state index is -4.22. The van der Waals surface area contributed by atoms with Crippen molar-refractivity contribution < 1.29 is 22.3 Å². The monoisotopic (exact) mass is 314 g/mol. The Morgan fingerprint density at radius 1 is 1.48 bits per heavy atom. The molecule has 0 radical (unpaired) electrons. The molecule has 2 aromatic heterocycles. The first-order valence-electron chi connectivity index (χ1n) is 5.78. The van der Waals surface area contributed by atoms with Gasteiger partial charge in [0.2, 0.25) is 0 Å². The zero-order valence-electron chi connectivity index (χ0n) is 10.8. The summed E-state index contributed by atoms with van der Waals surface area (Å²) in [6.45, 7) is 1.66. The van der Waals surface area contributed by atoms with Crippen molar-refractivity contribution in [1.82, 2.24) is 15.2 Å². The Balaban J connectivity index is 2.35. The molecule has 0 saturated heterocycles. The minimum Gasteiger partial charge on any atom is -0.462 e. The zero-order chi connectivity index (χ0) is 15.5. The van der Waals surface area contributed by atoms with E-state index in [4.69, 9.17) is 4.74 Å². The van der Waals surface area contributed by atoms with Crippen LogP contribution >= 0.6 is 0 Å². The first kappa shape index (κ1) is 14.9. The molecule has 0 atom stereocenters. The number of halogens is 1. The number of esters is 1. The lowest BCUT2D eigenvalue weighted by Crippen LogP contribution is -2.18. The first-order chi connectivity index (χ1) is 9.95. The van der Waals surface area contributed by atoms with Crippen molar-refractivity contribution in [3.8, 4) is 0 Å². The van der Waals surface area contributed by atoms with Gasteiger partial charge >= 0.3 is 5.97 Å². The van der Waals surface area contributed by atoms with Crippen LogP contribution in [-0.2, 0) is 14.8 Å². The number of nitrogens with zero attached hydrogens (tertiary/aromatic N) is 2. The van der Waals surface area contributed by atoms with Gasteiger partial charge in [-0.1, -0.05) is 0 Å². The van der Waals surface area contributed by atoms with Gasteiger partial charge in [0.1, 0.15) is 5.56 Å². The van der Waals surface area contributed by atoms with Gasteiger partial charge in [-0.25, -0.2) is 9.18 Å². The highest BCUT2D eigenvalue weighted by molar-refractivity contribution is 7.92. The van der Waals surface area contributed by atoms with E-state index in [2.05, 4.69) is 15.2 Å². The van der Waals surface area contributed by atoms with E-state index in [-0.39, 0.29) is 17.9 Å². The molecule has 21 heavy (non-hydrogen) atoms. The topological polar surface area (TPSA) is 114 Å². The molecule has 0 aromatic carbocycles. The van der Waals surface area contributed by atoms with Crippen molar-refractivity contribution in [1.29, 1.82) is 0 Å². The van der Waals surface area contributed by atoms with Gasteiger partial charge < -0.3 is 4.74 Å². The SMILES string of the molecule is CCOC(=O)c1cn[nH]c1S(=O)(=O)Nc1ccncc1F. The Bertz CT molecular complexity index is 759. The van der Waals surface area contributed by atoms with Gasteiger partial charge in [-0.3, -0.25) is 14.8 Å². The van der Waals surface area contributed by atoms with Crippen LogP contribution in [-0.4, -0.2) is 36.2 Å². The molecule has 0 bridgehead atoms. The molecule has 0 fully saturated rings. The van der Waals surface area contributed by atoms with E-state index in [1.54, 1.807) is 6.92 Å². The van der Waals surface area contributed by atoms with Crippen LogP contribution in [0, 0.1) is 5.82 Å². The van der Waals surface area contributed by atoms with Crippen LogP contribution in [0.1, 0.15) is 17.3 Å². The molecule has 2 rings (SSSR count). The highest BCUT2D eigenvalue weighted by Crippen LogP contribution is 2.19. The standard InChI is InChI=1S/C11H11FN4O4S/c1-2-20-11(17)7-5-14-15-10(7)21(18,19)16-9-3-4-13-6-8(9)12/h3-6H,2H2,1H3,(H,13,16)(H,14,15). The third kappa shape index (κ3) is 3.16. The predicted molar refractivity (Wildman–Crippen MR) is 69.5 cm³/mol. The Kier molecular flexibility index (Phi) is 4.17. The molecule has 0 amide bonds. The molecule has 0 unspecified atom stereocenters. The van der Waals surface area contributed by atoms with Gasteiger partial charge in [0, 0.05) is 6.20 Å². The molecule has 0 aliphatic heterocycles. The van der Waals surface area contributed by atoms with Gasteiger partial charge in [0.15, 0.2) is 10.8 Å². The Morgan fingerprint density at radius 2 is 2.24 bits per heavy atom. The fourth-order valence-corrected chi connectivity index (χ4v) is 2.64. The van der Waals surface area contributed by atoms with Crippen LogP contribution in [0.2, 0.25) is 0 Å². The molecule has 0 saturated carbocycles. The number of hydrogen-bond donors (Lipinski definition) is 2. The van der Waals surface area contributed by atoms with Gasteiger partial charge in [0.25, 0.3) is 10.0 Å². The predicted octanol–water partition coefficient (Wildman–Crippen LogP) is 0.921. The van der Waals surface area contributed by atoms with Crippen LogP contribution in [0.3, 0.4) is 0 Å². The second-order valence-electron chi connectivity index (χ2n) is 3.79. The number of sulfonamides is 1. The second-order valence-corrected chi connectivity index (χ2v) is 5.41. The number of nitrogens with one attached hydrogen (secondary N) is 2. The van der Waals surface area contributed by atoms with Crippen LogP contribution < -0.4 is 4.72 Å². The molecule has 2 aromatic rings. The fraction of sp³-hybridized carbons (Fsp3) is 0.182. The van der Waals surface area contributed by atoms with E-state index < -0.39 is 26.8 Å². The van der Waals surface area contributed by atoms with Crippen molar-refractivity contribution in [3.05, 3.63) is 36.0 Å². The second kappa shape index (κ2) is 5.87. The van der Waals surface area contributed by atoms with E-state index in [0.717, 1.165) is 18.5 Å². The van der Waals surface area contributed by atoms with Crippen molar-refractivity contribution in [2.45, 2.75) is 11.9 Å². The first-order valence-corrected chi connectivity index (χ1v) is 7.27. The number of H-pyrrole nitrogens is 1. The minimum absolute atomic E-state index is 0.0793. The lowest BCUT2D eigenvalue weighted by Gasteiger charge is -2.08. The maximum atomic E-state index is 13.4. The van der Waals surface area contributed by atoms with Crippen LogP contribution in [0.25, 0.3) is 0 Å². The Hall–Kier alpha value is -2.49. The summed E-state index contributed by atoms with van der Waals surface area (Å²) in [5.74, 6) is -1.69. The third-order valence-corrected chi connectivity index (χ3v) is 3.72. The summed E-state index contributed by atoms with van der Waals surface area (Å²) in [6.07, 6.45) is 3.10. The Morgan fingerprint density at radius 3 is 2.90 bits per heavy atom. The van der Waals surface area contributed by atoms with E-state index in [0.29, 0.717) is 0 Å². The van der Waals surface area contributed by atoms with Gasteiger partial charge in [-0.05, 0) is 13.0 Å². The molecular weight excluding hydrogens is 303 g/mol. The summed E-state index contributed by atoms with van der Waals surface area (Å²) < 4.78 is 44.5. The number of aromatic nitrogens is 3. The number of pyridine rings is 1. The summed E-state index contributed by atoms with van der Waals surface area (Å²) in [5.41, 5.74) is -0.562. The van der Waals surface area contributed by atoms with Gasteiger partial charge in [0.05, 0.1) is 24.7 Å². The third-order valence-electron chi connectivity index (χ3n) is 2.39. The molecular formula is C11H11FN4O4S. The lowest BCUT2D eigenvalue weighted by atomic mass is 10.4. The molecule has 10 heteroatoms. The molecule has 0 spiro atoms. The number of aromatic amines is 1. The van der Waals surface area contributed by atoms with E-state index in [1.807, 2.05) is 4.72 Å². The largest absolute Gasteiger partial charge is 0.462 e. The highest BCUT2D eigenvalue weighted by Gasteiger charge is 2.26. The van der Waals surface area contributed by atoms with Crippen molar-refractivity contribution >= 4 is 21.7 Å². The summed E-state index contributed by atoms with van der Waals surface area (Å²) in [7, 11) is -4.22. The van der Waals surface area contributed by atoms with Crippen molar-refractivity contribution in [2.75, 3.05) is 11.3 Å². The fourth-order valence-electron chi connectivity index (χ4n) is 1.49. The smallest absolute Gasteiger partial charge is 0.342 e. The molecule has 112 valence electrons. The average molecular weight is 314 g/mol. The van der Waals surface area contributed by atoms with Crippen LogP contribution in [0.4, 0.5) is 10.1 Å². The molecule has 2 heterocycles. The number of rotatable bonds is 5. The number of carbonyl (C=O) groups excluding carboxylic acids is 1. The van der Waals surface area contributed by atoms with E-state index >= 15 is 0 Å². The van der Waals surface area contributed by atoms with Gasteiger partial charge in [-0.15, -0.1) is 0 Å². The van der Waals surface area contributed by atoms with Crippen LogP contribution in [0.15, 0.2) is 29.7 Å². The van der Waals surface area contributed by atoms with Crippen LogP contribution in [0.5, 0.6) is 0 Å². The number of anilines is 1. The average Bonchev–Trinajstić information content (AvgIpc) is 2.92. The molecule has 2 N–H and O–H groups in total. The lowest BCUT2D eigenvalue weighted by molar-refractivity contribution is 0.0522. The Labute approximate surface area is 119 Å². The quantitative estimate of drug-likeness (QED) is 0.793. The van der Waals surface area contributed by atoms with Gasteiger partial charge in [-0.2, -0.15) is 13.5 Å². The number of hydrogen-bond acceptors (Lipinski definition) is 6. The summed E-state index contributed by atoms with van der Waals surface area (Å²) in [6, 6.07) is 1.15. The molecule has 0 aliphatic carbocycles.